The molecule has 0 saturated carbocycles. The average Bonchev–Trinajstić information content (AvgIpc) is 3.24. The molecule has 2 aromatic carbocycles. The summed E-state index contributed by atoms with van der Waals surface area (Å²) >= 11 is 6.56. The predicted molar refractivity (Wildman–Crippen MR) is 128 cm³/mol. The van der Waals surface area contributed by atoms with E-state index < -0.39 is 0 Å². The zero-order chi connectivity index (χ0) is 22.7. The van der Waals surface area contributed by atoms with Crippen LogP contribution in [0.15, 0.2) is 54.7 Å². The summed E-state index contributed by atoms with van der Waals surface area (Å²) < 4.78 is 0. The number of nitrogens with zero attached hydrogens (tertiary/aromatic N) is 2. The molecule has 1 fully saturated rings. The van der Waals surface area contributed by atoms with Crippen LogP contribution in [0.25, 0.3) is 10.9 Å². The van der Waals surface area contributed by atoms with Gasteiger partial charge < -0.3 is 20.1 Å². The first-order chi connectivity index (χ1) is 15.5. The van der Waals surface area contributed by atoms with Gasteiger partial charge in [-0.05, 0) is 36.1 Å². The first-order valence-corrected chi connectivity index (χ1v) is 11.4. The highest BCUT2D eigenvalue weighted by atomic mass is 35.5. The number of carbonyl (C=O) groups is 2. The summed E-state index contributed by atoms with van der Waals surface area (Å²) in [6, 6.07) is 16.0. The molecule has 1 unspecified atom stereocenters. The van der Waals surface area contributed by atoms with Crippen molar-refractivity contribution >= 4 is 34.4 Å². The smallest absolute Gasteiger partial charge is 0.319 e. The third-order valence-electron chi connectivity index (χ3n) is 6.28. The van der Waals surface area contributed by atoms with E-state index in [9.17, 15) is 9.59 Å². The van der Waals surface area contributed by atoms with Gasteiger partial charge in [0.2, 0.25) is 5.91 Å². The third kappa shape index (κ3) is 4.60. The Morgan fingerprint density at radius 3 is 2.50 bits per heavy atom. The summed E-state index contributed by atoms with van der Waals surface area (Å²) in [7, 11) is 3.50. The number of para-hydroxylation sites is 1. The molecule has 3 amide bonds. The minimum atomic E-state index is -0.0870. The van der Waals surface area contributed by atoms with E-state index in [1.165, 1.54) is 0 Å². The second-order valence-corrected chi connectivity index (χ2v) is 8.95. The Balaban J connectivity index is 1.49. The highest BCUT2D eigenvalue weighted by Gasteiger charge is 2.29. The number of aromatic nitrogens is 1. The molecule has 6 nitrogen and oxygen atoms in total. The molecule has 3 aromatic rings. The van der Waals surface area contributed by atoms with Crippen molar-refractivity contribution in [1.82, 2.24) is 20.1 Å². The number of H-pyrrole nitrogens is 1. The van der Waals surface area contributed by atoms with E-state index in [2.05, 4.69) is 16.4 Å². The highest BCUT2D eigenvalue weighted by molar-refractivity contribution is 6.31. The first-order valence-electron chi connectivity index (χ1n) is 11.0. The molecule has 1 saturated heterocycles. The van der Waals surface area contributed by atoms with Crippen LogP contribution in [0.5, 0.6) is 0 Å². The number of aromatic amines is 1. The van der Waals surface area contributed by atoms with Gasteiger partial charge in [-0.2, -0.15) is 0 Å². The fraction of sp³-hybridized carbons (Fsp3) is 0.360. The molecule has 168 valence electrons. The molecular weight excluding hydrogens is 424 g/mol. The van der Waals surface area contributed by atoms with E-state index in [4.69, 9.17) is 11.6 Å². The number of urea groups is 1. The normalized spacial score (nSPS) is 15.5. The van der Waals surface area contributed by atoms with E-state index in [0.717, 1.165) is 22.0 Å². The zero-order valence-corrected chi connectivity index (χ0v) is 19.2. The molecule has 0 aliphatic carbocycles. The Hall–Kier alpha value is -2.99. The number of fused-ring (bicyclic) bond motifs is 1. The van der Waals surface area contributed by atoms with Crippen LogP contribution in [-0.4, -0.2) is 60.5 Å². The number of rotatable bonds is 5. The summed E-state index contributed by atoms with van der Waals surface area (Å²) in [6.45, 7) is 1.66. The number of nitrogens with one attached hydrogen (secondary N) is 2. The van der Waals surface area contributed by atoms with Gasteiger partial charge in [0.05, 0.1) is 0 Å². The fourth-order valence-corrected chi connectivity index (χ4v) is 4.76. The molecule has 0 radical (unpaired) electrons. The van der Waals surface area contributed by atoms with Gasteiger partial charge in [0.25, 0.3) is 0 Å². The summed E-state index contributed by atoms with van der Waals surface area (Å²) in [5.41, 5.74) is 3.16. The Labute approximate surface area is 193 Å². The van der Waals surface area contributed by atoms with Crippen LogP contribution in [0.1, 0.15) is 29.9 Å². The van der Waals surface area contributed by atoms with Crippen LogP contribution >= 0.6 is 11.6 Å². The topological polar surface area (TPSA) is 68.4 Å². The number of benzene rings is 2. The zero-order valence-electron chi connectivity index (χ0n) is 18.5. The summed E-state index contributed by atoms with van der Waals surface area (Å²) in [5.74, 6) is -0.117. The molecule has 1 atom stereocenters. The van der Waals surface area contributed by atoms with E-state index >= 15 is 0 Å². The summed E-state index contributed by atoms with van der Waals surface area (Å²) in [6.07, 6.45) is 3.36. The molecular formula is C25H29ClN4O2. The number of hydrogen-bond donors (Lipinski definition) is 2. The number of amides is 3. The number of halogens is 1. The molecule has 1 aliphatic rings. The highest BCUT2D eigenvalue weighted by Crippen LogP contribution is 2.34. The van der Waals surface area contributed by atoms with Crippen LogP contribution in [0.3, 0.4) is 0 Å². The van der Waals surface area contributed by atoms with Crippen LogP contribution in [0.2, 0.25) is 5.02 Å². The molecule has 2 N–H and O–H groups in total. The average molecular weight is 453 g/mol. The summed E-state index contributed by atoms with van der Waals surface area (Å²) in [5, 5.41) is 4.99. The van der Waals surface area contributed by atoms with Crippen LogP contribution in [0, 0.1) is 5.92 Å². The maximum Gasteiger partial charge on any atom is 0.319 e. The predicted octanol–water partition coefficient (Wildman–Crippen LogP) is 4.46. The molecule has 4 rings (SSSR count). The van der Waals surface area contributed by atoms with Crippen molar-refractivity contribution in [2.45, 2.75) is 18.8 Å². The molecule has 1 aliphatic heterocycles. The summed E-state index contributed by atoms with van der Waals surface area (Å²) in [4.78, 5) is 31.9. The lowest BCUT2D eigenvalue weighted by Crippen LogP contribution is -2.46. The van der Waals surface area contributed by atoms with Gasteiger partial charge >= 0.3 is 6.03 Å². The lowest BCUT2D eigenvalue weighted by molar-refractivity contribution is -0.126. The molecule has 32 heavy (non-hydrogen) atoms. The molecule has 1 aromatic heterocycles. The fourth-order valence-electron chi connectivity index (χ4n) is 4.49. The van der Waals surface area contributed by atoms with Crippen molar-refractivity contribution < 1.29 is 9.59 Å². The molecule has 2 heterocycles. The number of carbonyl (C=O) groups excluding carboxylic acids is 2. The molecule has 0 spiro atoms. The van der Waals surface area contributed by atoms with Crippen molar-refractivity contribution in [3.8, 4) is 0 Å². The Morgan fingerprint density at radius 1 is 1.09 bits per heavy atom. The van der Waals surface area contributed by atoms with E-state index in [0.29, 0.717) is 37.5 Å². The quantitative estimate of drug-likeness (QED) is 0.600. The monoisotopic (exact) mass is 452 g/mol. The molecule has 7 heteroatoms. The third-order valence-corrected chi connectivity index (χ3v) is 6.62. The Bertz CT molecular complexity index is 1100. The lowest BCUT2D eigenvalue weighted by Gasteiger charge is -2.33. The van der Waals surface area contributed by atoms with Crippen molar-refractivity contribution in [2.75, 3.05) is 33.7 Å². The van der Waals surface area contributed by atoms with Gasteiger partial charge in [-0.1, -0.05) is 48.0 Å². The minimum Gasteiger partial charge on any atom is -0.361 e. The van der Waals surface area contributed by atoms with Gasteiger partial charge in [0.15, 0.2) is 0 Å². The van der Waals surface area contributed by atoms with Gasteiger partial charge in [-0.3, -0.25) is 4.79 Å². The number of likely N-dealkylation sites (tertiary alicyclic amines) is 1. The van der Waals surface area contributed by atoms with E-state index in [1.807, 2.05) is 53.6 Å². The van der Waals surface area contributed by atoms with Crippen molar-refractivity contribution in [1.29, 1.82) is 0 Å². The molecule has 0 bridgehead atoms. The van der Waals surface area contributed by atoms with Gasteiger partial charge in [-0.25, -0.2) is 4.79 Å². The maximum absolute atomic E-state index is 13.0. The van der Waals surface area contributed by atoms with Crippen molar-refractivity contribution in [2.24, 2.45) is 5.92 Å². The second kappa shape index (κ2) is 9.65. The van der Waals surface area contributed by atoms with Crippen LogP contribution < -0.4 is 5.32 Å². The van der Waals surface area contributed by atoms with Crippen LogP contribution in [0.4, 0.5) is 4.79 Å². The van der Waals surface area contributed by atoms with Crippen molar-refractivity contribution in [3.63, 3.8) is 0 Å². The lowest BCUT2D eigenvalue weighted by atomic mass is 9.90. The first kappa shape index (κ1) is 22.2. The van der Waals surface area contributed by atoms with E-state index in [1.54, 1.807) is 19.0 Å². The van der Waals surface area contributed by atoms with Gasteiger partial charge in [-0.15, -0.1) is 0 Å². The van der Waals surface area contributed by atoms with E-state index in [-0.39, 0.29) is 23.8 Å². The largest absolute Gasteiger partial charge is 0.361 e. The minimum absolute atomic E-state index is 0.00183. The van der Waals surface area contributed by atoms with Gasteiger partial charge in [0, 0.05) is 67.7 Å². The number of piperidine rings is 1. The standard InChI is InChI=1S/C25H29ClN4O2/c1-29(2)25(32)30-13-11-17(12-14-30)24(31)28-16-20(18-7-3-5-9-22(18)26)21-15-27-23-10-6-4-8-19(21)23/h3-10,15,17,20,27H,11-14,16H2,1-2H3,(H,28,31). The van der Waals surface area contributed by atoms with Gasteiger partial charge in [0.1, 0.15) is 0 Å². The Kier molecular flexibility index (Phi) is 6.70. The van der Waals surface area contributed by atoms with Crippen LogP contribution in [-0.2, 0) is 4.79 Å². The van der Waals surface area contributed by atoms with Crippen molar-refractivity contribution in [3.05, 3.63) is 70.9 Å². The number of hydrogen-bond acceptors (Lipinski definition) is 2. The SMILES string of the molecule is CN(C)C(=O)N1CCC(C(=O)NCC(c2ccccc2Cl)c2c[nH]c3ccccc23)CC1. The Morgan fingerprint density at radius 2 is 1.78 bits per heavy atom. The maximum atomic E-state index is 13.0. The second-order valence-electron chi connectivity index (χ2n) is 8.55.